The van der Waals surface area contributed by atoms with Crippen molar-refractivity contribution in [1.82, 2.24) is 9.21 Å². The van der Waals surface area contributed by atoms with Gasteiger partial charge in [-0.1, -0.05) is 18.2 Å². The molecule has 0 bridgehead atoms. The average molecular weight is 423 g/mol. The lowest BCUT2D eigenvalue weighted by molar-refractivity contribution is -0.137. The Bertz CT molecular complexity index is 673. The van der Waals surface area contributed by atoms with E-state index < -0.39 is 22.5 Å². The van der Waals surface area contributed by atoms with Crippen LogP contribution in [0.15, 0.2) is 30.3 Å². The lowest BCUT2D eigenvalue weighted by atomic mass is 10.2. The summed E-state index contributed by atoms with van der Waals surface area (Å²) in [5.41, 5.74) is 0. The molecule has 1 atom stereocenters. The van der Waals surface area contributed by atoms with Crippen LogP contribution in [0.25, 0.3) is 0 Å². The monoisotopic (exact) mass is 422 g/mol. The molecule has 0 aliphatic carbocycles. The zero-order valence-corrected chi connectivity index (χ0v) is 17.0. The number of halogens is 1. The molecule has 1 aliphatic heterocycles. The van der Waals surface area contributed by atoms with Crippen LogP contribution in [0, 0.1) is 0 Å². The largest absolute Gasteiger partial charge is 0.494 e. The first-order valence-corrected chi connectivity index (χ1v) is 10.4. The maximum atomic E-state index is 11.7. The third-order valence-electron chi connectivity index (χ3n) is 4.04. The van der Waals surface area contributed by atoms with Gasteiger partial charge in [-0.25, -0.2) is 8.42 Å². The molecular formula is C17H27ClN2O6S. The number of hydrogen-bond donors (Lipinski definition) is 1. The molecule has 1 unspecified atom stereocenters. The van der Waals surface area contributed by atoms with Crippen molar-refractivity contribution in [2.24, 2.45) is 0 Å². The molecule has 0 aromatic heterocycles. The van der Waals surface area contributed by atoms with Gasteiger partial charge in [0, 0.05) is 26.2 Å². The number of sulfonamides is 1. The summed E-state index contributed by atoms with van der Waals surface area (Å²) < 4.78 is 35.7. The number of carboxylic acid groups (broad SMARTS) is 1. The zero-order chi connectivity index (χ0) is 19.0. The lowest BCUT2D eigenvalue weighted by Gasteiger charge is -2.34. The summed E-state index contributed by atoms with van der Waals surface area (Å²) in [6.07, 6.45) is 1.51. The summed E-state index contributed by atoms with van der Waals surface area (Å²) in [5.74, 6) is -0.342. The second-order valence-electron chi connectivity index (χ2n) is 6.26. The van der Waals surface area contributed by atoms with E-state index in [1.165, 1.54) is 0 Å². The van der Waals surface area contributed by atoms with Gasteiger partial charge in [-0.15, -0.1) is 12.4 Å². The van der Waals surface area contributed by atoms with Crippen molar-refractivity contribution in [2.75, 3.05) is 52.2 Å². The summed E-state index contributed by atoms with van der Waals surface area (Å²) in [6.45, 7) is 2.72. The van der Waals surface area contributed by atoms with E-state index in [0.717, 1.165) is 35.8 Å². The highest BCUT2D eigenvalue weighted by molar-refractivity contribution is 7.88. The molecule has 1 N–H and O–H groups in total. The molecule has 1 aliphatic rings. The maximum absolute atomic E-state index is 11.7. The standard InChI is InChI=1S/C17H26N2O6S.ClH/c1-26(22,23)19(14-17(20)21)13-16-12-18(9-11-25-16)8-5-10-24-15-6-3-2-4-7-15;/h2-4,6-7,16H,5,8-14H2,1H3,(H,20,21);1H. The van der Waals surface area contributed by atoms with E-state index >= 15 is 0 Å². The van der Waals surface area contributed by atoms with Crippen LogP contribution in [0.1, 0.15) is 6.42 Å². The Balaban J connectivity index is 0.00000364. The minimum atomic E-state index is -3.59. The second-order valence-corrected chi connectivity index (χ2v) is 8.24. The summed E-state index contributed by atoms with van der Waals surface area (Å²) in [6, 6.07) is 9.60. The first-order valence-electron chi connectivity index (χ1n) is 8.53. The first-order chi connectivity index (χ1) is 12.3. The van der Waals surface area contributed by atoms with Crippen molar-refractivity contribution in [3.63, 3.8) is 0 Å². The number of nitrogens with zero attached hydrogens (tertiary/aromatic N) is 2. The molecule has 0 radical (unpaired) electrons. The predicted molar refractivity (Wildman–Crippen MR) is 104 cm³/mol. The van der Waals surface area contributed by atoms with E-state index in [-0.39, 0.29) is 25.1 Å². The van der Waals surface area contributed by atoms with Gasteiger partial charge >= 0.3 is 5.97 Å². The lowest BCUT2D eigenvalue weighted by Crippen LogP contribution is -2.49. The fourth-order valence-electron chi connectivity index (χ4n) is 2.78. The van der Waals surface area contributed by atoms with Gasteiger partial charge in [-0.3, -0.25) is 9.69 Å². The predicted octanol–water partition coefficient (Wildman–Crippen LogP) is 0.924. The molecule has 1 fully saturated rings. The van der Waals surface area contributed by atoms with Gasteiger partial charge in [0.2, 0.25) is 10.0 Å². The first kappa shape index (κ1) is 23.6. The van der Waals surface area contributed by atoms with Crippen molar-refractivity contribution < 1.29 is 27.8 Å². The van der Waals surface area contributed by atoms with Crippen molar-refractivity contribution in [3.05, 3.63) is 30.3 Å². The minimum Gasteiger partial charge on any atom is -0.494 e. The summed E-state index contributed by atoms with van der Waals surface area (Å²) >= 11 is 0. The van der Waals surface area contributed by atoms with Crippen LogP contribution in [-0.2, 0) is 19.6 Å². The highest BCUT2D eigenvalue weighted by Gasteiger charge is 2.27. The van der Waals surface area contributed by atoms with Crippen molar-refractivity contribution in [1.29, 1.82) is 0 Å². The molecule has 1 aromatic rings. The van der Waals surface area contributed by atoms with Gasteiger partial charge in [-0.2, -0.15) is 4.31 Å². The SMILES string of the molecule is CS(=O)(=O)N(CC(=O)O)CC1CN(CCCOc2ccccc2)CCO1.Cl. The highest BCUT2D eigenvalue weighted by atomic mass is 35.5. The molecule has 27 heavy (non-hydrogen) atoms. The number of carboxylic acids is 1. The number of ether oxygens (including phenoxy) is 2. The summed E-state index contributed by atoms with van der Waals surface area (Å²) in [7, 11) is -3.59. The molecular weight excluding hydrogens is 396 g/mol. The third kappa shape index (κ3) is 8.89. The van der Waals surface area contributed by atoms with E-state index in [1.807, 2.05) is 30.3 Å². The Morgan fingerprint density at radius 2 is 2.07 bits per heavy atom. The second kappa shape index (κ2) is 11.5. The van der Waals surface area contributed by atoms with Crippen LogP contribution < -0.4 is 4.74 Å². The fourth-order valence-corrected chi connectivity index (χ4v) is 3.57. The van der Waals surface area contributed by atoms with Gasteiger partial charge in [0.25, 0.3) is 0 Å². The molecule has 2 rings (SSSR count). The number of benzene rings is 1. The van der Waals surface area contributed by atoms with E-state index in [9.17, 15) is 13.2 Å². The smallest absolute Gasteiger partial charge is 0.318 e. The van der Waals surface area contributed by atoms with Crippen LogP contribution >= 0.6 is 12.4 Å². The Morgan fingerprint density at radius 3 is 2.70 bits per heavy atom. The third-order valence-corrected chi connectivity index (χ3v) is 5.26. The Labute approximate surface area is 166 Å². The molecule has 10 heteroatoms. The van der Waals surface area contributed by atoms with Crippen molar-refractivity contribution >= 4 is 28.4 Å². The summed E-state index contributed by atoms with van der Waals surface area (Å²) in [5, 5.41) is 8.89. The van der Waals surface area contributed by atoms with E-state index in [4.69, 9.17) is 14.6 Å². The number of para-hydroxylation sites is 1. The van der Waals surface area contributed by atoms with Gasteiger partial charge in [-0.05, 0) is 18.6 Å². The molecule has 0 saturated carbocycles. The van der Waals surface area contributed by atoms with E-state index in [1.54, 1.807) is 0 Å². The van der Waals surface area contributed by atoms with Gasteiger partial charge < -0.3 is 14.6 Å². The Morgan fingerprint density at radius 1 is 1.37 bits per heavy atom. The average Bonchev–Trinajstić information content (AvgIpc) is 2.58. The molecule has 154 valence electrons. The van der Waals surface area contributed by atoms with Crippen molar-refractivity contribution in [2.45, 2.75) is 12.5 Å². The zero-order valence-electron chi connectivity index (χ0n) is 15.3. The Hall–Kier alpha value is -1.39. The van der Waals surface area contributed by atoms with Gasteiger partial charge in [0.1, 0.15) is 12.3 Å². The van der Waals surface area contributed by atoms with Crippen LogP contribution in [0.5, 0.6) is 5.75 Å². The van der Waals surface area contributed by atoms with Crippen LogP contribution in [0.2, 0.25) is 0 Å². The molecule has 1 heterocycles. The number of hydrogen-bond acceptors (Lipinski definition) is 6. The van der Waals surface area contributed by atoms with Gasteiger partial charge in [0.05, 0.1) is 25.6 Å². The van der Waals surface area contributed by atoms with E-state index in [2.05, 4.69) is 4.90 Å². The Kier molecular flexibility index (Phi) is 10.0. The maximum Gasteiger partial charge on any atom is 0.318 e. The van der Waals surface area contributed by atoms with Crippen LogP contribution in [-0.4, -0.2) is 87.0 Å². The summed E-state index contributed by atoms with van der Waals surface area (Å²) in [4.78, 5) is 13.1. The topological polar surface area (TPSA) is 96.4 Å². The van der Waals surface area contributed by atoms with Crippen LogP contribution in [0.3, 0.4) is 0 Å². The quantitative estimate of drug-likeness (QED) is 0.560. The number of carbonyl (C=O) groups is 1. The molecule has 1 saturated heterocycles. The van der Waals surface area contributed by atoms with Gasteiger partial charge in [0.15, 0.2) is 0 Å². The molecule has 8 nitrogen and oxygen atoms in total. The molecule has 1 aromatic carbocycles. The van der Waals surface area contributed by atoms with Crippen molar-refractivity contribution in [3.8, 4) is 5.75 Å². The highest BCUT2D eigenvalue weighted by Crippen LogP contribution is 2.11. The minimum absolute atomic E-state index is 0. The fraction of sp³-hybridized carbons (Fsp3) is 0.588. The number of aliphatic carboxylic acids is 1. The molecule has 0 amide bonds. The molecule has 0 spiro atoms. The number of rotatable bonds is 10. The number of morpholine rings is 1. The normalized spacial score (nSPS) is 18.1. The van der Waals surface area contributed by atoms with Crippen LogP contribution in [0.4, 0.5) is 0 Å². The van der Waals surface area contributed by atoms with E-state index in [0.29, 0.717) is 19.8 Å².